The van der Waals surface area contributed by atoms with E-state index in [2.05, 4.69) is 10.1 Å². The van der Waals surface area contributed by atoms with Gasteiger partial charge in [0.1, 0.15) is 17.2 Å². The second-order valence-electron chi connectivity index (χ2n) is 8.90. The summed E-state index contributed by atoms with van der Waals surface area (Å²) < 4.78 is 39.0. The van der Waals surface area contributed by atoms with Crippen molar-refractivity contribution < 1.29 is 32.6 Å². The Balaban J connectivity index is 1.30. The number of carbonyl (C=O) groups excluding carboxylic acids is 3. The molecule has 1 saturated heterocycles. The minimum absolute atomic E-state index is 0.0191. The van der Waals surface area contributed by atoms with E-state index >= 15 is 0 Å². The minimum atomic E-state index is -0.851. The zero-order valence-electron chi connectivity index (χ0n) is 19.5. The number of benzene rings is 2. The van der Waals surface area contributed by atoms with Crippen LogP contribution in [0.3, 0.4) is 0 Å². The highest BCUT2D eigenvalue weighted by Gasteiger charge is 2.44. The van der Waals surface area contributed by atoms with Crippen LogP contribution in [-0.4, -0.2) is 49.7 Å². The molecule has 0 aromatic heterocycles. The van der Waals surface area contributed by atoms with Gasteiger partial charge in [-0.2, -0.15) is 0 Å². The molecule has 186 valence electrons. The van der Waals surface area contributed by atoms with E-state index in [1.165, 1.54) is 24.3 Å². The summed E-state index contributed by atoms with van der Waals surface area (Å²) in [5, 5.41) is 2.73. The molecule has 1 N–H and O–H groups in total. The Bertz CT molecular complexity index is 1120. The second kappa shape index (κ2) is 10.8. The van der Waals surface area contributed by atoms with Crippen molar-refractivity contribution in [2.75, 3.05) is 26.8 Å². The summed E-state index contributed by atoms with van der Waals surface area (Å²) >= 11 is 0. The van der Waals surface area contributed by atoms with E-state index in [1.807, 2.05) is 0 Å². The van der Waals surface area contributed by atoms with Crippen LogP contribution >= 0.6 is 0 Å². The zero-order chi connectivity index (χ0) is 24.9. The number of nitrogens with zero attached hydrogens (tertiary/aromatic N) is 1. The average Bonchev–Trinajstić information content (AvgIpc) is 3.66. The molecule has 2 aliphatic rings. The molecule has 7 nitrogen and oxygen atoms in total. The predicted octanol–water partition coefficient (Wildman–Crippen LogP) is 4.29. The van der Waals surface area contributed by atoms with E-state index in [9.17, 15) is 23.2 Å². The number of hydrogen-bond acceptors (Lipinski definition) is 5. The normalized spacial score (nSPS) is 19.1. The Labute approximate surface area is 202 Å². The molecule has 9 heteroatoms. The van der Waals surface area contributed by atoms with E-state index in [0.717, 1.165) is 32.4 Å². The summed E-state index contributed by atoms with van der Waals surface area (Å²) in [7, 11) is 1.15. The third-order valence-electron chi connectivity index (χ3n) is 6.51. The van der Waals surface area contributed by atoms with Crippen LogP contribution in [0.2, 0.25) is 0 Å². The lowest BCUT2D eigenvalue weighted by molar-refractivity contribution is -0.122. The van der Waals surface area contributed by atoms with Crippen molar-refractivity contribution in [2.24, 2.45) is 11.8 Å². The molecule has 0 spiro atoms. The minimum Gasteiger partial charge on any atom is -0.465 e. The van der Waals surface area contributed by atoms with Gasteiger partial charge in [-0.05, 0) is 48.9 Å². The Morgan fingerprint density at radius 3 is 2.54 bits per heavy atom. The number of halogens is 2. The first-order chi connectivity index (χ1) is 16.9. The van der Waals surface area contributed by atoms with Crippen molar-refractivity contribution in [1.82, 2.24) is 10.2 Å². The topological polar surface area (TPSA) is 84.9 Å². The number of esters is 1. The van der Waals surface area contributed by atoms with Crippen LogP contribution in [0.1, 0.15) is 41.6 Å². The molecule has 2 aromatic carbocycles. The lowest BCUT2D eigenvalue weighted by Crippen LogP contribution is -2.36. The van der Waals surface area contributed by atoms with Gasteiger partial charge in [0, 0.05) is 37.0 Å². The molecule has 1 heterocycles. The fourth-order valence-electron chi connectivity index (χ4n) is 4.34. The van der Waals surface area contributed by atoms with E-state index < -0.39 is 17.6 Å². The largest absolute Gasteiger partial charge is 0.465 e. The molecule has 1 aliphatic heterocycles. The Kier molecular flexibility index (Phi) is 7.63. The van der Waals surface area contributed by atoms with E-state index in [1.54, 1.807) is 11.0 Å². The molecule has 35 heavy (non-hydrogen) atoms. The molecule has 2 amide bonds. The quantitative estimate of drug-likeness (QED) is 0.590. The van der Waals surface area contributed by atoms with Crippen molar-refractivity contribution in [1.29, 1.82) is 0 Å². The number of carbonyl (C=O) groups is 3. The van der Waals surface area contributed by atoms with Gasteiger partial charge in [0.2, 0.25) is 5.91 Å². The summed E-state index contributed by atoms with van der Waals surface area (Å²) in [5.74, 6) is -2.71. The SMILES string of the molecule is COC(=O)c1c(F)cccc1-c1ccc(CNC(=O)C2CC2COC(=O)N2CCCCC2)c(F)c1. The Morgan fingerprint density at radius 1 is 1.06 bits per heavy atom. The van der Waals surface area contributed by atoms with Crippen LogP contribution < -0.4 is 5.32 Å². The number of rotatable bonds is 7. The monoisotopic (exact) mass is 486 g/mol. The predicted molar refractivity (Wildman–Crippen MR) is 123 cm³/mol. The van der Waals surface area contributed by atoms with E-state index in [4.69, 9.17) is 4.74 Å². The van der Waals surface area contributed by atoms with Crippen LogP contribution in [0, 0.1) is 23.5 Å². The Morgan fingerprint density at radius 2 is 1.83 bits per heavy atom. The maximum Gasteiger partial charge on any atom is 0.409 e. The number of amides is 2. The first kappa shape index (κ1) is 24.6. The number of piperidine rings is 1. The molecule has 2 fully saturated rings. The van der Waals surface area contributed by atoms with Crippen LogP contribution in [-0.2, 0) is 20.8 Å². The van der Waals surface area contributed by atoms with Gasteiger partial charge < -0.3 is 19.7 Å². The standard InChI is InChI=1S/C26H28F2N2O5/c1-34-25(32)23-19(6-5-7-21(23)27)16-8-9-17(22(28)13-16)14-29-24(31)20-12-18(20)15-35-26(33)30-10-3-2-4-11-30/h5-9,13,18,20H,2-4,10-12,14-15H2,1H3,(H,29,31). The highest BCUT2D eigenvalue weighted by atomic mass is 19.1. The van der Waals surface area contributed by atoms with Gasteiger partial charge in [0.25, 0.3) is 0 Å². The van der Waals surface area contributed by atoms with Crippen molar-refractivity contribution in [2.45, 2.75) is 32.2 Å². The van der Waals surface area contributed by atoms with Gasteiger partial charge in [-0.1, -0.05) is 24.3 Å². The average molecular weight is 487 g/mol. The molecule has 2 aromatic rings. The van der Waals surface area contributed by atoms with Crippen molar-refractivity contribution in [3.8, 4) is 11.1 Å². The van der Waals surface area contributed by atoms with Crippen molar-refractivity contribution >= 4 is 18.0 Å². The summed E-state index contributed by atoms with van der Waals surface area (Å²) in [6.07, 6.45) is 3.38. The summed E-state index contributed by atoms with van der Waals surface area (Å²) in [5.41, 5.74) is 0.518. The first-order valence-electron chi connectivity index (χ1n) is 11.7. The first-order valence-corrected chi connectivity index (χ1v) is 11.7. The van der Waals surface area contributed by atoms with Gasteiger partial charge in [0.15, 0.2) is 0 Å². The van der Waals surface area contributed by atoms with E-state index in [0.29, 0.717) is 25.1 Å². The molecule has 4 rings (SSSR count). The van der Waals surface area contributed by atoms with Gasteiger partial charge >= 0.3 is 12.1 Å². The second-order valence-corrected chi connectivity index (χ2v) is 8.90. The van der Waals surface area contributed by atoms with Crippen molar-refractivity contribution in [3.05, 3.63) is 59.2 Å². The molecule has 1 aliphatic carbocycles. The van der Waals surface area contributed by atoms with Crippen LogP contribution in [0.15, 0.2) is 36.4 Å². The van der Waals surface area contributed by atoms with Gasteiger partial charge in [-0.25, -0.2) is 18.4 Å². The maximum atomic E-state index is 14.8. The number of nitrogens with one attached hydrogen (secondary N) is 1. The zero-order valence-corrected chi connectivity index (χ0v) is 19.5. The van der Waals surface area contributed by atoms with Crippen LogP contribution in [0.25, 0.3) is 11.1 Å². The fraction of sp³-hybridized carbons (Fsp3) is 0.423. The number of hydrogen-bond donors (Lipinski definition) is 1. The molecule has 0 bridgehead atoms. The molecular formula is C26H28F2N2O5. The lowest BCUT2D eigenvalue weighted by atomic mass is 9.98. The maximum absolute atomic E-state index is 14.8. The van der Waals surface area contributed by atoms with Crippen LogP contribution in [0.4, 0.5) is 13.6 Å². The lowest BCUT2D eigenvalue weighted by Gasteiger charge is -2.25. The summed E-state index contributed by atoms with van der Waals surface area (Å²) in [4.78, 5) is 38.2. The van der Waals surface area contributed by atoms with Crippen LogP contribution in [0.5, 0.6) is 0 Å². The van der Waals surface area contributed by atoms with Gasteiger partial charge in [-0.3, -0.25) is 4.79 Å². The summed E-state index contributed by atoms with van der Waals surface area (Å²) in [6, 6.07) is 8.32. The number of methoxy groups -OCH3 is 1. The van der Waals surface area contributed by atoms with Gasteiger partial charge in [0.05, 0.1) is 13.7 Å². The molecule has 2 atom stereocenters. The van der Waals surface area contributed by atoms with Gasteiger partial charge in [-0.15, -0.1) is 0 Å². The summed E-state index contributed by atoms with van der Waals surface area (Å²) in [6.45, 7) is 1.60. The molecule has 2 unspecified atom stereocenters. The molecular weight excluding hydrogens is 458 g/mol. The number of ether oxygens (including phenoxy) is 2. The highest BCUT2D eigenvalue weighted by molar-refractivity contribution is 5.97. The molecule has 0 radical (unpaired) electrons. The third-order valence-corrected chi connectivity index (χ3v) is 6.51. The third kappa shape index (κ3) is 5.78. The van der Waals surface area contributed by atoms with Crippen molar-refractivity contribution in [3.63, 3.8) is 0 Å². The fourth-order valence-corrected chi connectivity index (χ4v) is 4.34. The number of likely N-dealkylation sites (tertiary alicyclic amines) is 1. The Hall–Kier alpha value is -3.49. The molecule has 1 saturated carbocycles. The smallest absolute Gasteiger partial charge is 0.409 e. The van der Waals surface area contributed by atoms with E-state index in [-0.39, 0.29) is 53.7 Å². The highest BCUT2D eigenvalue weighted by Crippen LogP contribution is 2.39.